The maximum Gasteiger partial charge on any atom is 0.131 e. The average molecular weight is 230 g/mol. The first-order chi connectivity index (χ1) is 8.16. The Balaban J connectivity index is 2.33. The van der Waals surface area contributed by atoms with Crippen molar-refractivity contribution in [1.29, 1.82) is 0 Å². The zero-order valence-electron chi connectivity index (χ0n) is 9.24. The Morgan fingerprint density at radius 3 is 2.88 bits per heavy atom. The lowest BCUT2D eigenvalue weighted by atomic mass is 10.1. The fourth-order valence-corrected chi connectivity index (χ4v) is 2.01. The van der Waals surface area contributed by atoms with Crippen LogP contribution in [0, 0.1) is 5.82 Å². The van der Waals surface area contributed by atoms with Gasteiger partial charge in [0.1, 0.15) is 11.6 Å². The number of anilines is 1. The van der Waals surface area contributed by atoms with Crippen molar-refractivity contribution >= 4 is 16.7 Å². The molecule has 2 aromatic heterocycles. The van der Waals surface area contributed by atoms with Crippen molar-refractivity contribution in [3.8, 4) is 11.1 Å². The molecule has 0 fully saturated rings. The minimum absolute atomic E-state index is 0.295. The Kier molecular flexibility index (Phi) is 1.95. The molecule has 17 heavy (non-hydrogen) atoms. The smallest absolute Gasteiger partial charge is 0.131 e. The van der Waals surface area contributed by atoms with Crippen LogP contribution in [0.15, 0.2) is 30.6 Å². The van der Waals surface area contributed by atoms with Crippen LogP contribution in [0.5, 0.6) is 0 Å². The monoisotopic (exact) mass is 230 g/mol. The predicted octanol–water partition coefficient (Wildman–Crippen LogP) is 2.29. The lowest BCUT2D eigenvalue weighted by molar-refractivity contribution is 0.633. The second-order valence-corrected chi connectivity index (χ2v) is 4.01. The zero-order chi connectivity index (χ0) is 12.0. The number of rotatable bonds is 1. The van der Waals surface area contributed by atoms with Crippen LogP contribution in [0.4, 0.5) is 10.2 Å². The molecule has 1 aromatic carbocycles. The van der Waals surface area contributed by atoms with Crippen LogP contribution in [0.2, 0.25) is 0 Å². The van der Waals surface area contributed by atoms with E-state index in [1.165, 1.54) is 12.3 Å². The SMILES string of the molecule is Cn1ccc2cc(F)c(-c3cn[nH]c3N)cc21. The maximum absolute atomic E-state index is 14.0. The van der Waals surface area contributed by atoms with Gasteiger partial charge in [-0.15, -0.1) is 0 Å². The van der Waals surface area contributed by atoms with E-state index in [4.69, 9.17) is 5.73 Å². The summed E-state index contributed by atoms with van der Waals surface area (Å²) in [4.78, 5) is 0. The second kappa shape index (κ2) is 3.35. The first-order valence-corrected chi connectivity index (χ1v) is 5.20. The van der Waals surface area contributed by atoms with E-state index < -0.39 is 0 Å². The van der Waals surface area contributed by atoms with E-state index in [-0.39, 0.29) is 5.82 Å². The molecule has 3 aromatic rings. The standard InChI is InChI=1S/C12H11FN4/c1-17-3-2-7-4-10(13)8(5-11(7)17)9-6-15-16-12(9)14/h2-6H,1H3,(H3,14,15,16). The number of nitrogens with one attached hydrogen (secondary N) is 1. The normalized spacial score (nSPS) is 11.2. The van der Waals surface area contributed by atoms with E-state index >= 15 is 0 Å². The van der Waals surface area contributed by atoms with Gasteiger partial charge in [-0.3, -0.25) is 5.10 Å². The molecular formula is C12H11FN4. The van der Waals surface area contributed by atoms with Crippen molar-refractivity contribution in [3.05, 3.63) is 36.4 Å². The molecule has 0 spiro atoms. The van der Waals surface area contributed by atoms with Crippen molar-refractivity contribution in [1.82, 2.24) is 14.8 Å². The number of benzene rings is 1. The summed E-state index contributed by atoms with van der Waals surface area (Å²) in [6.07, 6.45) is 3.43. The zero-order valence-corrected chi connectivity index (χ0v) is 9.24. The largest absolute Gasteiger partial charge is 0.384 e. The minimum Gasteiger partial charge on any atom is -0.384 e. The number of halogens is 1. The van der Waals surface area contributed by atoms with Crippen molar-refractivity contribution in [3.63, 3.8) is 0 Å². The van der Waals surface area contributed by atoms with Crippen molar-refractivity contribution in [2.75, 3.05) is 5.73 Å². The summed E-state index contributed by atoms with van der Waals surface area (Å²) in [6.45, 7) is 0. The van der Waals surface area contributed by atoms with Gasteiger partial charge >= 0.3 is 0 Å². The van der Waals surface area contributed by atoms with E-state index in [2.05, 4.69) is 10.2 Å². The van der Waals surface area contributed by atoms with E-state index in [1.807, 2.05) is 23.9 Å². The summed E-state index contributed by atoms with van der Waals surface area (Å²) in [5.74, 6) is 0.0780. The predicted molar refractivity (Wildman–Crippen MR) is 64.9 cm³/mol. The van der Waals surface area contributed by atoms with Gasteiger partial charge in [-0.2, -0.15) is 5.10 Å². The van der Waals surface area contributed by atoms with Gasteiger partial charge in [-0.1, -0.05) is 0 Å². The Hall–Kier alpha value is -2.30. The van der Waals surface area contributed by atoms with E-state index in [1.54, 1.807) is 6.07 Å². The number of nitrogens with zero attached hydrogens (tertiary/aromatic N) is 2. The number of nitrogens with two attached hydrogens (primary N) is 1. The molecule has 0 saturated carbocycles. The van der Waals surface area contributed by atoms with Crippen molar-refractivity contribution in [2.45, 2.75) is 0 Å². The highest BCUT2D eigenvalue weighted by atomic mass is 19.1. The molecule has 0 unspecified atom stereocenters. The van der Waals surface area contributed by atoms with Crippen LogP contribution in [0.1, 0.15) is 0 Å². The molecule has 0 aliphatic heterocycles. The van der Waals surface area contributed by atoms with Gasteiger partial charge in [0.15, 0.2) is 0 Å². The quantitative estimate of drug-likeness (QED) is 0.673. The Morgan fingerprint density at radius 1 is 1.35 bits per heavy atom. The van der Waals surface area contributed by atoms with Crippen LogP contribution in [-0.2, 0) is 7.05 Å². The summed E-state index contributed by atoms with van der Waals surface area (Å²) in [7, 11) is 1.92. The molecule has 3 N–H and O–H groups in total. The van der Waals surface area contributed by atoms with Gasteiger partial charge < -0.3 is 10.3 Å². The number of aromatic amines is 1. The first kappa shape index (κ1) is 9.89. The van der Waals surface area contributed by atoms with E-state index in [0.29, 0.717) is 16.9 Å². The van der Waals surface area contributed by atoms with Crippen LogP contribution in [-0.4, -0.2) is 14.8 Å². The van der Waals surface area contributed by atoms with Gasteiger partial charge in [0.25, 0.3) is 0 Å². The lowest BCUT2D eigenvalue weighted by Gasteiger charge is -2.04. The summed E-state index contributed by atoms with van der Waals surface area (Å²) in [5, 5.41) is 7.28. The van der Waals surface area contributed by atoms with Crippen molar-refractivity contribution in [2.24, 2.45) is 7.05 Å². The summed E-state index contributed by atoms with van der Waals surface area (Å²) in [6, 6.07) is 5.17. The molecule has 2 heterocycles. The van der Waals surface area contributed by atoms with E-state index in [0.717, 1.165) is 10.9 Å². The molecule has 5 heteroatoms. The first-order valence-electron chi connectivity index (χ1n) is 5.20. The highest BCUT2D eigenvalue weighted by Crippen LogP contribution is 2.30. The van der Waals surface area contributed by atoms with Gasteiger partial charge in [0, 0.05) is 35.3 Å². The van der Waals surface area contributed by atoms with Gasteiger partial charge in [-0.25, -0.2) is 4.39 Å². The van der Waals surface area contributed by atoms with Crippen LogP contribution < -0.4 is 5.73 Å². The number of hydrogen-bond acceptors (Lipinski definition) is 2. The number of nitrogen functional groups attached to an aromatic ring is 1. The summed E-state index contributed by atoms with van der Waals surface area (Å²) >= 11 is 0. The molecule has 0 atom stereocenters. The maximum atomic E-state index is 14.0. The average Bonchev–Trinajstić information content (AvgIpc) is 2.85. The highest BCUT2D eigenvalue weighted by Gasteiger charge is 2.12. The summed E-state index contributed by atoms with van der Waals surface area (Å²) in [5.41, 5.74) is 7.72. The van der Waals surface area contributed by atoms with Crippen LogP contribution in [0.25, 0.3) is 22.0 Å². The third-order valence-electron chi connectivity index (χ3n) is 2.93. The molecule has 0 aliphatic rings. The van der Waals surface area contributed by atoms with Gasteiger partial charge in [0.05, 0.1) is 6.20 Å². The molecule has 0 amide bonds. The van der Waals surface area contributed by atoms with Gasteiger partial charge in [0.2, 0.25) is 0 Å². The van der Waals surface area contributed by atoms with Crippen LogP contribution in [0.3, 0.4) is 0 Å². The Morgan fingerprint density at radius 2 is 2.18 bits per heavy atom. The molecule has 0 bridgehead atoms. The van der Waals surface area contributed by atoms with Gasteiger partial charge in [-0.05, 0) is 18.2 Å². The molecule has 0 saturated heterocycles. The van der Waals surface area contributed by atoms with Crippen molar-refractivity contribution < 1.29 is 4.39 Å². The number of aromatic nitrogens is 3. The summed E-state index contributed by atoms with van der Waals surface area (Å²) < 4.78 is 15.9. The Bertz CT molecular complexity index is 696. The van der Waals surface area contributed by atoms with E-state index in [9.17, 15) is 4.39 Å². The second-order valence-electron chi connectivity index (χ2n) is 4.01. The third kappa shape index (κ3) is 1.39. The topological polar surface area (TPSA) is 59.6 Å². The lowest BCUT2D eigenvalue weighted by Crippen LogP contribution is -1.91. The molecule has 86 valence electrons. The van der Waals surface area contributed by atoms with Crippen LogP contribution >= 0.6 is 0 Å². The Labute approximate surface area is 96.9 Å². The molecule has 0 radical (unpaired) electrons. The molecule has 0 aliphatic carbocycles. The number of aryl methyl sites for hydroxylation is 1. The third-order valence-corrected chi connectivity index (χ3v) is 2.93. The minimum atomic E-state index is -0.295. The fourth-order valence-electron chi connectivity index (χ4n) is 2.01. The molecular weight excluding hydrogens is 219 g/mol. The fraction of sp³-hybridized carbons (Fsp3) is 0.0833. The number of hydrogen-bond donors (Lipinski definition) is 2. The molecule has 4 nitrogen and oxygen atoms in total. The number of H-pyrrole nitrogens is 1. The highest BCUT2D eigenvalue weighted by molar-refractivity contribution is 5.87. The number of fused-ring (bicyclic) bond motifs is 1. The molecule has 3 rings (SSSR count).